The van der Waals surface area contributed by atoms with Gasteiger partial charge in [-0.1, -0.05) is 5.21 Å². The van der Waals surface area contributed by atoms with Crippen LogP contribution in [0.1, 0.15) is 5.56 Å². The Hall–Kier alpha value is -3.83. The van der Waals surface area contributed by atoms with E-state index in [0.717, 1.165) is 28.0 Å². The summed E-state index contributed by atoms with van der Waals surface area (Å²) < 4.78 is 19.5. The molecule has 3 heterocycles. The Kier molecular flexibility index (Phi) is 5.04. The highest BCUT2D eigenvalue weighted by Gasteiger charge is 2.14. The van der Waals surface area contributed by atoms with Crippen molar-refractivity contribution in [2.24, 2.45) is 7.05 Å². The SMILES string of the molecule is Cc1cc(Nc2ncnc3cnc([S+](C)[O-])nc23)ccc1Oc1ccc2c(c1)nnn2C. The van der Waals surface area contributed by atoms with Crippen molar-refractivity contribution in [3.05, 3.63) is 54.5 Å². The van der Waals surface area contributed by atoms with Gasteiger partial charge in [-0.05, 0) is 42.8 Å². The van der Waals surface area contributed by atoms with E-state index in [0.29, 0.717) is 22.6 Å². The lowest BCUT2D eigenvalue weighted by Crippen LogP contribution is -2.06. The van der Waals surface area contributed by atoms with Crippen LogP contribution in [-0.4, -0.2) is 45.7 Å². The molecule has 0 spiro atoms. The molecule has 1 atom stereocenters. The highest BCUT2D eigenvalue weighted by molar-refractivity contribution is 7.90. The molecule has 0 bridgehead atoms. The van der Waals surface area contributed by atoms with Crippen LogP contribution >= 0.6 is 0 Å². The van der Waals surface area contributed by atoms with Crippen LogP contribution in [0.3, 0.4) is 0 Å². The number of hydrogen-bond acceptors (Lipinski definition) is 9. The fraction of sp³-hybridized carbons (Fsp3) is 0.143. The third-order valence-electron chi connectivity index (χ3n) is 4.86. The maximum Gasteiger partial charge on any atom is 0.343 e. The second-order valence-corrected chi connectivity index (χ2v) is 8.41. The first-order valence-electron chi connectivity index (χ1n) is 9.64. The van der Waals surface area contributed by atoms with E-state index in [-0.39, 0.29) is 5.16 Å². The Bertz CT molecular complexity index is 1450. The highest BCUT2D eigenvalue weighted by atomic mass is 32.2. The molecule has 0 amide bonds. The molecule has 1 unspecified atom stereocenters. The predicted molar refractivity (Wildman–Crippen MR) is 121 cm³/mol. The lowest BCUT2D eigenvalue weighted by molar-refractivity contribution is 0.479. The summed E-state index contributed by atoms with van der Waals surface area (Å²) in [7, 11) is 1.85. The van der Waals surface area contributed by atoms with Gasteiger partial charge in [0.1, 0.15) is 40.6 Å². The van der Waals surface area contributed by atoms with Gasteiger partial charge in [0.15, 0.2) is 5.82 Å². The lowest BCUT2D eigenvalue weighted by atomic mass is 10.2. The van der Waals surface area contributed by atoms with Gasteiger partial charge in [-0.3, -0.25) is 0 Å². The number of aromatic nitrogens is 7. The monoisotopic (exact) mass is 446 g/mol. The molecule has 10 nitrogen and oxygen atoms in total. The number of benzene rings is 2. The van der Waals surface area contributed by atoms with Crippen LogP contribution in [0, 0.1) is 6.92 Å². The highest BCUT2D eigenvalue weighted by Crippen LogP contribution is 2.30. The largest absolute Gasteiger partial charge is 0.609 e. The van der Waals surface area contributed by atoms with Crippen LogP contribution in [0.2, 0.25) is 0 Å². The molecule has 0 aliphatic carbocycles. The minimum Gasteiger partial charge on any atom is -0.609 e. The normalized spacial score (nSPS) is 12.2. The number of ether oxygens (including phenoxy) is 1. The van der Waals surface area contributed by atoms with E-state index in [2.05, 4.69) is 35.6 Å². The molecule has 11 heteroatoms. The minimum absolute atomic E-state index is 0.232. The Balaban J connectivity index is 1.41. The Morgan fingerprint density at radius 2 is 1.94 bits per heavy atom. The number of nitrogens with one attached hydrogen (secondary N) is 1. The summed E-state index contributed by atoms with van der Waals surface area (Å²) in [5.74, 6) is 1.91. The third kappa shape index (κ3) is 3.79. The molecule has 160 valence electrons. The second kappa shape index (κ2) is 8.02. The maximum absolute atomic E-state index is 11.8. The van der Waals surface area contributed by atoms with Crippen molar-refractivity contribution in [1.82, 2.24) is 34.9 Å². The predicted octanol–water partition coefficient (Wildman–Crippen LogP) is 3.28. The van der Waals surface area contributed by atoms with Crippen molar-refractivity contribution in [2.45, 2.75) is 12.1 Å². The smallest absolute Gasteiger partial charge is 0.343 e. The molecule has 2 aromatic carbocycles. The van der Waals surface area contributed by atoms with Crippen LogP contribution in [0.15, 0.2) is 54.1 Å². The fourth-order valence-electron chi connectivity index (χ4n) is 3.26. The first kappa shape index (κ1) is 20.1. The van der Waals surface area contributed by atoms with Crippen LogP contribution < -0.4 is 10.1 Å². The van der Waals surface area contributed by atoms with E-state index in [1.54, 1.807) is 10.9 Å². The van der Waals surface area contributed by atoms with Crippen molar-refractivity contribution in [2.75, 3.05) is 11.6 Å². The van der Waals surface area contributed by atoms with Gasteiger partial charge in [-0.25, -0.2) is 14.6 Å². The van der Waals surface area contributed by atoms with Gasteiger partial charge in [0, 0.05) is 30.0 Å². The molecule has 1 N–H and O–H groups in total. The summed E-state index contributed by atoms with van der Waals surface area (Å²) in [6, 6.07) is 11.4. The van der Waals surface area contributed by atoms with E-state index in [1.807, 2.05) is 50.4 Å². The zero-order valence-electron chi connectivity index (χ0n) is 17.5. The number of hydrogen-bond donors (Lipinski definition) is 1. The molecule has 32 heavy (non-hydrogen) atoms. The van der Waals surface area contributed by atoms with E-state index in [9.17, 15) is 4.55 Å². The van der Waals surface area contributed by atoms with Gasteiger partial charge in [-0.2, -0.15) is 9.97 Å². The molecule has 5 rings (SSSR count). The van der Waals surface area contributed by atoms with Crippen LogP contribution in [0.25, 0.3) is 22.1 Å². The minimum atomic E-state index is -1.31. The topological polar surface area (TPSA) is 127 Å². The van der Waals surface area contributed by atoms with Gasteiger partial charge in [0.25, 0.3) is 0 Å². The van der Waals surface area contributed by atoms with Gasteiger partial charge < -0.3 is 14.6 Å². The van der Waals surface area contributed by atoms with Crippen molar-refractivity contribution in [1.29, 1.82) is 0 Å². The van der Waals surface area contributed by atoms with Crippen molar-refractivity contribution < 1.29 is 9.29 Å². The first-order chi connectivity index (χ1) is 15.5. The van der Waals surface area contributed by atoms with Gasteiger partial charge in [0.05, 0.1) is 11.7 Å². The summed E-state index contributed by atoms with van der Waals surface area (Å²) >= 11 is -1.31. The number of rotatable bonds is 5. The fourth-order valence-corrected chi connectivity index (χ4v) is 3.68. The molecule has 3 aromatic heterocycles. The number of nitrogens with zero attached hydrogens (tertiary/aromatic N) is 7. The number of anilines is 2. The molecular weight excluding hydrogens is 428 g/mol. The van der Waals surface area contributed by atoms with Gasteiger partial charge in [-0.15, -0.1) is 5.10 Å². The van der Waals surface area contributed by atoms with Crippen LogP contribution in [-0.2, 0) is 18.2 Å². The maximum atomic E-state index is 11.8. The third-order valence-corrected chi connectivity index (χ3v) is 5.57. The molecule has 0 saturated heterocycles. The molecule has 0 aliphatic rings. The second-order valence-electron chi connectivity index (χ2n) is 7.13. The number of fused-ring (bicyclic) bond motifs is 2. The van der Waals surface area contributed by atoms with E-state index >= 15 is 0 Å². The Morgan fingerprint density at radius 3 is 2.75 bits per heavy atom. The van der Waals surface area contributed by atoms with Gasteiger partial charge >= 0.3 is 5.16 Å². The first-order valence-corrected chi connectivity index (χ1v) is 11.2. The average Bonchev–Trinajstić information content (AvgIpc) is 3.15. The summed E-state index contributed by atoms with van der Waals surface area (Å²) in [4.78, 5) is 16.9. The van der Waals surface area contributed by atoms with E-state index < -0.39 is 11.2 Å². The summed E-state index contributed by atoms with van der Waals surface area (Å²) in [6.07, 6.45) is 4.51. The van der Waals surface area contributed by atoms with E-state index in [4.69, 9.17) is 4.74 Å². The standard InChI is InChI=1S/C21H18N8O2S/c1-12-8-13(25-20-19-16(23-11-24-20)10-22-21(26-19)32(3)30)4-7-18(12)31-14-5-6-17-15(9-14)27-28-29(17)2/h4-11H,1-3H3,(H,23,24,25). The zero-order chi connectivity index (χ0) is 22.2. The molecule has 0 aliphatic heterocycles. The molecule has 5 aromatic rings. The van der Waals surface area contributed by atoms with Gasteiger partial charge in [0.2, 0.25) is 0 Å². The summed E-state index contributed by atoms with van der Waals surface area (Å²) in [6.45, 7) is 1.96. The molecule has 0 saturated carbocycles. The van der Waals surface area contributed by atoms with Crippen molar-refractivity contribution in [3.63, 3.8) is 0 Å². The summed E-state index contributed by atoms with van der Waals surface area (Å²) in [5, 5.41) is 11.6. The zero-order valence-corrected chi connectivity index (χ0v) is 18.3. The number of aryl methyl sites for hydroxylation is 2. The molecule has 0 fully saturated rings. The van der Waals surface area contributed by atoms with Crippen LogP contribution in [0.4, 0.5) is 11.5 Å². The summed E-state index contributed by atoms with van der Waals surface area (Å²) in [5.41, 5.74) is 4.50. The van der Waals surface area contributed by atoms with Crippen LogP contribution in [0.5, 0.6) is 11.5 Å². The Labute approximate surface area is 185 Å². The van der Waals surface area contributed by atoms with Crippen molar-refractivity contribution in [3.8, 4) is 11.5 Å². The Morgan fingerprint density at radius 1 is 1.06 bits per heavy atom. The molecule has 0 radical (unpaired) electrons. The van der Waals surface area contributed by atoms with Crippen molar-refractivity contribution >= 4 is 44.7 Å². The van der Waals surface area contributed by atoms with E-state index in [1.165, 1.54) is 12.6 Å². The quantitative estimate of drug-likeness (QED) is 0.319. The lowest BCUT2D eigenvalue weighted by Gasteiger charge is -2.12. The average molecular weight is 446 g/mol. The molecular formula is C21H18N8O2S.